The summed E-state index contributed by atoms with van der Waals surface area (Å²) in [4.78, 5) is 4.10. The van der Waals surface area contributed by atoms with Gasteiger partial charge in [0.1, 0.15) is 5.15 Å². The Hall–Kier alpha value is -1.06. The van der Waals surface area contributed by atoms with Gasteiger partial charge in [-0.2, -0.15) is 0 Å². The number of pyridine rings is 1. The number of nitrogens with zero attached hydrogens (tertiary/aromatic N) is 1. The van der Waals surface area contributed by atoms with Crippen molar-refractivity contribution >= 4 is 33.2 Å². The van der Waals surface area contributed by atoms with E-state index in [1.165, 1.54) is 11.1 Å². The molecule has 0 amide bonds. The highest BCUT2D eigenvalue weighted by Gasteiger charge is 2.06. The maximum absolute atomic E-state index is 5.87. The molecule has 0 aliphatic rings. The molecule has 0 bridgehead atoms. The van der Waals surface area contributed by atoms with Crippen molar-refractivity contribution in [3.05, 3.63) is 57.3 Å². The molecule has 0 saturated carbocycles. The van der Waals surface area contributed by atoms with Crippen LogP contribution < -0.4 is 5.32 Å². The molecule has 1 atom stereocenters. The monoisotopic (exact) mass is 324 g/mol. The van der Waals surface area contributed by atoms with Crippen LogP contribution in [0, 0.1) is 6.92 Å². The summed E-state index contributed by atoms with van der Waals surface area (Å²) in [7, 11) is 0. The Morgan fingerprint density at radius 3 is 2.56 bits per heavy atom. The largest absolute Gasteiger partial charge is 0.377 e. The molecule has 0 saturated heterocycles. The number of hydrogen-bond donors (Lipinski definition) is 1. The van der Waals surface area contributed by atoms with Gasteiger partial charge in [0.05, 0.1) is 16.4 Å². The van der Waals surface area contributed by atoms with E-state index in [9.17, 15) is 0 Å². The number of hydrogen-bond acceptors (Lipinski definition) is 2. The molecule has 1 aromatic carbocycles. The lowest BCUT2D eigenvalue weighted by Gasteiger charge is -2.16. The lowest BCUT2D eigenvalue weighted by atomic mass is 10.1. The molecule has 18 heavy (non-hydrogen) atoms. The predicted octanol–water partition coefficient (Wildman–Crippen LogP) is 4.98. The minimum absolute atomic E-state index is 0.223. The third-order valence-electron chi connectivity index (χ3n) is 2.76. The summed E-state index contributed by atoms with van der Waals surface area (Å²) >= 11 is 9.23. The molecule has 1 unspecified atom stereocenters. The minimum atomic E-state index is 0.223. The second-order valence-corrected chi connectivity index (χ2v) is 5.49. The predicted molar refractivity (Wildman–Crippen MR) is 80.2 cm³/mol. The summed E-state index contributed by atoms with van der Waals surface area (Å²) in [6.45, 7) is 4.20. The Morgan fingerprint density at radius 1 is 1.28 bits per heavy atom. The molecule has 1 aromatic heterocycles. The van der Waals surface area contributed by atoms with Crippen molar-refractivity contribution in [1.29, 1.82) is 0 Å². The number of halogens is 2. The first-order chi connectivity index (χ1) is 8.56. The summed E-state index contributed by atoms with van der Waals surface area (Å²) in [6.07, 6.45) is 1.73. The highest BCUT2D eigenvalue weighted by Crippen LogP contribution is 2.25. The number of anilines is 1. The zero-order chi connectivity index (χ0) is 13.1. The summed E-state index contributed by atoms with van der Waals surface area (Å²) in [5.41, 5.74) is 3.45. The molecule has 0 aliphatic heterocycles. The highest BCUT2D eigenvalue weighted by molar-refractivity contribution is 9.10. The van der Waals surface area contributed by atoms with Crippen molar-refractivity contribution in [2.24, 2.45) is 0 Å². The topological polar surface area (TPSA) is 24.9 Å². The Morgan fingerprint density at radius 2 is 1.94 bits per heavy atom. The van der Waals surface area contributed by atoms with E-state index in [2.05, 4.69) is 64.3 Å². The van der Waals surface area contributed by atoms with E-state index in [0.29, 0.717) is 5.15 Å². The standard InChI is InChI=1S/C14H14BrClN2/c1-9-3-5-11(6-4-9)10(2)18-12-7-13(15)14(16)17-8-12/h3-8,10,18H,1-2H3. The van der Waals surface area contributed by atoms with Gasteiger partial charge >= 0.3 is 0 Å². The molecule has 0 radical (unpaired) electrons. The van der Waals surface area contributed by atoms with E-state index in [4.69, 9.17) is 11.6 Å². The third-order valence-corrected chi connectivity index (χ3v) is 3.89. The summed E-state index contributed by atoms with van der Waals surface area (Å²) < 4.78 is 0.797. The van der Waals surface area contributed by atoms with Crippen LogP contribution in [0.5, 0.6) is 0 Å². The van der Waals surface area contributed by atoms with Crippen molar-refractivity contribution in [2.45, 2.75) is 19.9 Å². The van der Waals surface area contributed by atoms with Gasteiger partial charge in [-0.25, -0.2) is 4.98 Å². The van der Waals surface area contributed by atoms with Gasteiger partial charge in [0.2, 0.25) is 0 Å². The Balaban J connectivity index is 2.13. The van der Waals surface area contributed by atoms with Crippen LogP contribution in [0.15, 0.2) is 41.0 Å². The van der Waals surface area contributed by atoms with Crippen molar-refractivity contribution in [2.75, 3.05) is 5.32 Å². The molecular weight excluding hydrogens is 312 g/mol. The first-order valence-electron chi connectivity index (χ1n) is 5.70. The number of aromatic nitrogens is 1. The van der Waals surface area contributed by atoms with Crippen molar-refractivity contribution in [3.63, 3.8) is 0 Å². The molecule has 94 valence electrons. The van der Waals surface area contributed by atoms with E-state index in [0.717, 1.165) is 10.2 Å². The van der Waals surface area contributed by atoms with Crippen LogP contribution in [0.4, 0.5) is 5.69 Å². The maximum Gasteiger partial charge on any atom is 0.143 e. The second-order valence-electron chi connectivity index (χ2n) is 4.27. The fraction of sp³-hybridized carbons (Fsp3) is 0.214. The van der Waals surface area contributed by atoms with E-state index in [-0.39, 0.29) is 6.04 Å². The second kappa shape index (κ2) is 5.72. The van der Waals surface area contributed by atoms with Crippen LogP contribution in [0.3, 0.4) is 0 Å². The summed E-state index contributed by atoms with van der Waals surface area (Å²) in [5.74, 6) is 0. The average molecular weight is 326 g/mol. The Kier molecular flexibility index (Phi) is 4.25. The lowest BCUT2D eigenvalue weighted by Crippen LogP contribution is -2.06. The number of benzene rings is 1. The molecule has 4 heteroatoms. The fourth-order valence-electron chi connectivity index (χ4n) is 1.69. The van der Waals surface area contributed by atoms with E-state index in [1.54, 1.807) is 6.20 Å². The zero-order valence-electron chi connectivity index (χ0n) is 10.2. The van der Waals surface area contributed by atoms with Crippen molar-refractivity contribution in [1.82, 2.24) is 4.98 Å². The fourth-order valence-corrected chi connectivity index (χ4v) is 2.14. The molecule has 2 nitrogen and oxygen atoms in total. The third kappa shape index (κ3) is 3.24. The summed E-state index contributed by atoms with van der Waals surface area (Å²) in [6, 6.07) is 10.6. The van der Waals surface area contributed by atoms with Gasteiger partial charge in [-0.3, -0.25) is 0 Å². The van der Waals surface area contributed by atoms with Crippen LogP contribution in [0.2, 0.25) is 5.15 Å². The normalized spacial score (nSPS) is 12.2. The van der Waals surface area contributed by atoms with Gasteiger partial charge in [0.15, 0.2) is 0 Å². The smallest absolute Gasteiger partial charge is 0.143 e. The van der Waals surface area contributed by atoms with Gasteiger partial charge in [-0.1, -0.05) is 41.4 Å². The minimum Gasteiger partial charge on any atom is -0.377 e. The van der Waals surface area contributed by atoms with Crippen LogP contribution in [0.1, 0.15) is 24.1 Å². The SMILES string of the molecule is Cc1ccc(C(C)Nc2cnc(Cl)c(Br)c2)cc1. The highest BCUT2D eigenvalue weighted by atomic mass is 79.9. The molecule has 0 fully saturated rings. The van der Waals surface area contributed by atoms with Crippen LogP contribution in [-0.2, 0) is 0 Å². The first kappa shape index (κ1) is 13.4. The van der Waals surface area contributed by atoms with Gasteiger partial charge < -0.3 is 5.32 Å². The molecule has 0 aliphatic carbocycles. The van der Waals surface area contributed by atoms with Crippen LogP contribution in [0.25, 0.3) is 0 Å². The zero-order valence-corrected chi connectivity index (χ0v) is 12.6. The van der Waals surface area contributed by atoms with Gasteiger partial charge in [-0.15, -0.1) is 0 Å². The first-order valence-corrected chi connectivity index (χ1v) is 6.87. The summed E-state index contributed by atoms with van der Waals surface area (Å²) in [5, 5.41) is 3.87. The van der Waals surface area contributed by atoms with E-state index >= 15 is 0 Å². The molecule has 0 spiro atoms. The van der Waals surface area contributed by atoms with Gasteiger partial charge in [0.25, 0.3) is 0 Å². The van der Waals surface area contributed by atoms with Crippen molar-refractivity contribution in [3.8, 4) is 0 Å². The molecular formula is C14H14BrClN2. The Bertz CT molecular complexity index is 540. The van der Waals surface area contributed by atoms with Crippen molar-refractivity contribution < 1.29 is 0 Å². The Labute approximate surface area is 121 Å². The van der Waals surface area contributed by atoms with Gasteiger partial charge in [-0.05, 0) is 41.4 Å². The van der Waals surface area contributed by atoms with Gasteiger partial charge in [0, 0.05) is 6.04 Å². The number of rotatable bonds is 3. The van der Waals surface area contributed by atoms with E-state index in [1.807, 2.05) is 6.07 Å². The molecule has 1 N–H and O–H groups in total. The van der Waals surface area contributed by atoms with E-state index < -0.39 is 0 Å². The van der Waals surface area contributed by atoms with Crippen LogP contribution in [-0.4, -0.2) is 4.98 Å². The van der Waals surface area contributed by atoms with Crippen LogP contribution >= 0.6 is 27.5 Å². The lowest BCUT2D eigenvalue weighted by molar-refractivity contribution is 0.882. The molecule has 1 heterocycles. The maximum atomic E-state index is 5.87. The number of nitrogens with one attached hydrogen (secondary N) is 1. The molecule has 2 aromatic rings. The molecule has 2 rings (SSSR count). The average Bonchev–Trinajstić information content (AvgIpc) is 2.34. The quantitative estimate of drug-likeness (QED) is 0.805. The number of aryl methyl sites for hydroxylation is 1.